The van der Waals surface area contributed by atoms with E-state index in [1.807, 2.05) is 12.1 Å². The van der Waals surface area contributed by atoms with E-state index < -0.39 is 11.6 Å². The molecule has 0 atom stereocenters. The number of benzene rings is 2. The smallest absolute Gasteiger partial charge is 0.159 e. The predicted molar refractivity (Wildman–Crippen MR) is 78.3 cm³/mol. The van der Waals surface area contributed by atoms with Gasteiger partial charge in [-0.15, -0.1) is 0 Å². The van der Waals surface area contributed by atoms with Crippen LogP contribution in [-0.4, -0.2) is 5.11 Å². The lowest BCUT2D eigenvalue weighted by molar-refractivity contribution is 0.343. The quantitative estimate of drug-likeness (QED) is 0.831. The van der Waals surface area contributed by atoms with Gasteiger partial charge in [0.05, 0.1) is 0 Å². The fraction of sp³-hybridized carbons (Fsp3) is 0.333. The van der Waals surface area contributed by atoms with E-state index >= 15 is 0 Å². The Bertz CT molecular complexity index is 628. The first-order valence-electron chi connectivity index (χ1n) is 7.37. The Labute approximate surface area is 123 Å². The molecule has 0 bridgehead atoms. The molecule has 1 saturated carbocycles. The molecule has 0 spiro atoms. The fourth-order valence-corrected chi connectivity index (χ4v) is 3.47. The molecule has 1 fully saturated rings. The van der Waals surface area contributed by atoms with Crippen LogP contribution in [0, 0.1) is 11.6 Å². The number of halogens is 2. The summed E-state index contributed by atoms with van der Waals surface area (Å²) in [5.74, 6) is -1.39. The Balaban J connectivity index is 2.12. The highest BCUT2D eigenvalue weighted by molar-refractivity contribution is 5.42. The number of hydrogen-bond acceptors (Lipinski definition) is 1. The lowest BCUT2D eigenvalue weighted by atomic mass is 9.65. The van der Waals surface area contributed by atoms with Gasteiger partial charge in [-0.25, -0.2) is 8.78 Å². The molecular formula is C18H18F2O. The van der Waals surface area contributed by atoms with Gasteiger partial charge in [0.2, 0.25) is 0 Å². The summed E-state index contributed by atoms with van der Waals surface area (Å²) in [5.41, 5.74) is 1.61. The molecule has 2 aromatic rings. The molecule has 1 nitrogen and oxygen atoms in total. The minimum Gasteiger partial charge on any atom is -0.508 e. The van der Waals surface area contributed by atoms with Crippen LogP contribution in [0.1, 0.15) is 43.2 Å². The van der Waals surface area contributed by atoms with Crippen LogP contribution in [0.2, 0.25) is 0 Å². The van der Waals surface area contributed by atoms with Crippen molar-refractivity contribution in [3.8, 4) is 5.75 Å². The molecule has 0 unspecified atom stereocenters. The third kappa shape index (κ3) is 2.53. The number of phenolic OH excluding ortho intramolecular Hbond substituents is 1. The first kappa shape index (κ1) is 14.1. The first-order chi connectivity index (χ1) is 10.1. The van der Waals surface area contributed by atoms with Crippen molar-refractivity contribution in [3.63, 3.8) is 0 Å². The second-order valence-corrected chi connectivity index (χ2v) is 5.82. The Morgan fingerprint density at radius 1 is 0.762 bits per heavy atom. The standard InChI is InChI=1S/C18H18F2O/c19-16-9-6-14(12-17(16)20)18(10-2-1-3-11-18)13-4-7-15(21)8-5-13/h4-9,12,21H,1-3,10-11H2. The SMILES string of the molecule is Oc1ccc(C2(c3ccc(F)c(F)c3)CCCCC2)cc1. The lowest BCUT2D eigenvalue weighted by Crippen LogP contribution is -2.30. The second-order valence-electron chi connectivity index (χ2n) is 5.82. The maximum absolute atomic E-state index is 13.7. The van der Waals surface area contributed by atoms with Gasteiger partial charge >= 0.3 is 0 Å². The topological polar surface area (TPSA) is 20.2 Å². The summed E-state index contributed by atoms with van der Waals surface area (Å²) < 4.78 is 26.9. The molecule has 3 rings (SSSR count). The van der Waals surface area contributed by atoms with E-state index in [9.17, 15) is 13.9 Å². The molecule has 0 aromatic heterocycles. The van der Waals surface area contributed by atoms with Gasteiger partial charge in [0.15, 0.2) is 11.6 Å². The van der Waals surface area contributed by atoms with Crippen LogP contribution < -0.4 is 0 Å². The van der Waals surface area contributed by atoms with E-state index in [-0.39, 0.29) is 11.2 Å². The van der Waals surface area contributed by atoms with Gasteiger partial charge in [0.25, 0.3) is 0 Å². The lowest BCUT2D eigenvalue weighted by Gasteiger charge is -2.38. The van der Waals surface area contributed by atoms with Gasteiger partial charge in [-0.05, 0) is 48.2 Å². The Morgan fingerprint density at radius 2 is 1.38 bits per heavy atom. The highest BCUT2D eigenvalue weighted by Crippen LogP contribution is 2.45. The summed E-state index contributed by atoms with van der Waals surface area (Å²) in [7, 11) is 0. The van der Waals surface area contributed by atoms with Gasteiger partial charge in [0, 0.05) is 5.41 Å². The van der Waals surface area contributed by atoms with Gasteiger partial charge in [-0.3, -0.25) is 0 Å². The maximum Gasteiger partial charge on any atom is 0.159 e. The second kappa shape index (κ2) is 5.47. The molecular weight excluding hydrogens is 270 g/mol. The highest BCUT2D eigenvalue weighted by Gasteiger charge is 2.36. The molecule has 21 heavy (non-hydrogen) atoms. The Kier molecular flexibility index (Phi) is 3.66. The molecule has 1 N–H and O–H groups in total. The van der Waals surface area contributed by atoms with Crippen molar-refractivity contribution >= 4 is 0 Å². The molecule has 0 amide bonds. The van der Waals surface area contributed by atoms with Crippen LogP contribution in [-0.2, 0) is 5.41 Å². The zero-order valence-corrected chi connectivity index (χ0v) is 11.8. The van der Waals surface area contributed by atoms with Gasteiger partial charge in [-0.1, -0.05) is 37.5 Å². The summed E-state index contributed by atoms with van der Waals surface area (Å²) in [6.07, 6.45) is 5.15. The molecule has 0 radical (unpaired) electrons. The van der Waals surface area contributed by atoms with Crippen molar-refractivity contribution in [1.82, 2.24) is 0 Å². The number of phenols is 1. The average molecular weight is 288 g/mol. The van der Waals surface area contributed by atoms with Crippen LogP contribution in [0.15, 0.2) is 42.5 Å². The molecule has 0 aliphatic heterocycles. The monoisotopic (exact) mass is 288 g/mol. The van der Waals surface area contributed by atoms with Crippen LogP contribution in [0.25, 0.3) is 0 Å². The van der Waals surface area contributed by atoms with Crippen LogP contribution in [0.5, 0.6) is 5.75 Å². The summed E-state index contributed by atoms with van der Waals surface area (Å²) in [4.78, 5) is 0. The van der Waals surface area contributed by atoms with Crippen molar-refractivity contribution in [3.05, 3.63) is 65.2 Å². The molecule has 3 heteroatoms. The molecule has 2 aromatic carbocycles. The first-order valence-corrected chi connectivity index (χ1v) is 7.37. The normalized spacial score (nSPS) is 17.6. The maximum atomic E-state index is 13.7. The van der Waals surface area contributed by atoms with Crippen molar-refractivity contribution in [2.45, 2.75) is 37.5 Å². The van der Waals surface area contributed by atoms with Gasteiger partial charge in [0.1, 0.15) is 5.75 Å². The summed E-state index contributed by atoms with van der Waals surface area (Å²) in [6.45, 7) is 0. The summed E-state index contributed by atoms with van der Waals surface area (Å²) >= 11 is 0. The van der Waals surface area contributed by atoms with Crippen LogP contribution >= 0.6 is 0 Å². The van der Waals surface area contributed by atoms with Crippen molar-refractivity contribution in [2.75, 3.05) is 0 Å². The average Bonchev–Trinajstić information content (AvgIpc) is 2.51. The number of hydrogen-bond donors (Lipinski definition) is 1. The third-order valence-electron chi connectivity index (χ3n) is 4.60. The molecule has 110 valence electrons. The molecule has 0 heterocycles. The zero-order valence-electron chi connectivity index (χ0n) is 11.8. The van der Waals surface area contributed by atoms with Gasteiger partial charge < -0.3 is 5.11 Å². The predicted octanol–water partition coefficient (Wildman–Crippen LogP) is 4.92. The van der Waals surface area contributed by atoms with Crippen molar-refractivity contribution < 1.29 is 13.9 Å². The number of aromatic hydroxyl groups is 1. The fourth-order valence-electron chi connectivity index (χ4n) is 3.47. The van der Waals surface area contributed by atoms with Gasteiger partial charge in [-0.2, -0.15) is 0 Å². The zero-order chi connectivity index (χ0) is 14.9. The summed E-state index contributed by atoms with van der Waals surface area (Å²) in [5, 5.41) is 9.48. The Hall–Kier alpha value is -1.90. The van der Waals surface area contributed by atoms with Crippen molar-refractivity contribution in [2.24, 2.45) is 0 Å². The minimum absolute atomic E-state index is 0.218. The molecule has 1 aliphatic carbocycles. The van der Waals surface area contributed by atoms with Crippen molar-refractivity contribution in [1.29, 1.82) is 0 Å². The van der Waals surface area contributed by atoms with E-state index in [1.165, 1.54) is 18.6 Å². The highest BCUT2D eigenvalue weighted by atomic mass is 19.2. The van der Waals surface area contributed by atoms with Crippen LogP contribution in [0.4, 0.5) is 8.78 Å². The van der Waals surface area contributed by atoms with E-state index in [2.05, 4.69) is 0 Å². The molecule has 1 aliphatic rings. The van der Waals surface area contributed by atoms with E-state index in [4.69, 9.17) is 0 Å². The van der Waals surface area contributed by atoms with E-state index in [1.54, 1.807) is 18.2 Å². The van der Waals surface area contributed by atoms with E-state index in [0.717, 1.165) is 36.8 Å². The summed E-state index contributed by atoms with van der Waals surface area (Å²) in [6, 6.07) is 11.3. The Morgan fingerprint density at radius 3 is 2.00 bits per heavy atom. The molecule has 0 saturated heterocycles. The van der Waals surface area contributed by atoms with Crippen LogP contribution in [0.3, 0.4) is 0 Å². The largest absolute Gasteiger partial charge is 0.508 e. The minimum atomic E-state index is -0.810. The van der Waals surface area contributed by atoms with E-state index in [0.29, 0.717) is 0 Å². The number of rotatable bonds is 2. The third-order valence-corrected chi connectivity index (χ3v) is 4.60.